The van der Waals surface area contributed by atoms with Crippen LogP contribution in [0, 0.1) is 0 Å². The first-order valence-electron chi connectivity index (χ1n) is 7.04. The van der Waals surface area contributed by atoms with E-state index in [0.717, 1.165) is 25.9 Å². The van der Waals surface area contributed by atoms with E-state index in [0.29, 0.717) is 12.6 Å². The van der Waals surface area contributed by atoms with Crippen LogP contribution in [0.4, 0.5) is 0 Å². The van der Waals surface area contributed by atoms with Gasteiger partial charge >= 0.3 is 0 Å². The number of nitrogens with two attached hydrogens (primary N) is 1. The van der Waals surface area contributed by atoms with Crippen molar-refractivity contribution in [2.75, 3.05) is 26.7 Å². The number of amides is 1. The second-order valence-electron chi connectivity index (χ2n) is 5.44. The monoisotopic (exact) mass is 255 g/mol. The first kappa shape index (κ1) is 13.8. The maximum Gasteiger partial charge on any atom is 0.249 e. The Labute approximate surface area is 109 Å². The molecule has 0 spiro atoms. The summed E-state index contributed by atoms with van der Waals surface area (Å²) >= 11 is 0. The maximum atomic E-state index is 12.0. The molecule has 5 nitrogen and oxygen atoms in total. The highest BCUT2D eigenvalue weighted by atomic mass is 16.5. The number of likely N-dealkylation sites (tertiary alicyclic amines) is 1. The molecule has 2 saturated heterocycles. The molecule has 104 valence electrons. The Morgan fingerprint density at radius 2 is 2.22 bits per heavy atom. The molecule has 18 heavy (non-hydrogen) atoms. The number of ether oxygens (including phenoxy) is 1. The highest BCUT2D eigenvalue weighted by molar-refractivity contribution is 5.81. The lowest BCUT2D eigenvalue weighted by Crippen LogP contribution is -2.46. The van der Waals surface area contributed by atoms with Crippen molar-refractivity contribution in [3.63, 3.8) is 0 Å². The number of carbonyl (C=O) groups is 1. The van der Waals surface area contributed by atoms with Crippen molar-refractivity contribution in [2.45, 2.75) is 50.4 Å². The normalized spacial score (nSPS) is 33.6. The van der Waals surface area contributed by atoms with E-state index in [1.807, 2.05) is 0 Å². The van der Waals surface area contributed by atoms with Crippen LogP contribution in [0.15, 0.2) is 0 Å². The Hall–Kier alpha value is -0.650. The van der Waals surface area contributed by atoms with Gasteiger partial charge in [0.05, 0.1) is 6.10 Å². The highest BCUT2D eigenvalue weighted by Crippen LogP contribution is 2.19. The van der Waals surface area contributed by atoms with E-state index in [4.69, 9.17) is 10.5 Å². The van der Waals surface area contributed by atoms with Crippen LogP contribution in [0.2, 0.25) is 0 Å². The fourth-order valence-corrected chi connectivity index (χ4v) is 2.81. The van der Waals surface area contributed by atoms with Crippen molar-refractivity contribution in [3.05, 3.63) is 0 Å². The fraction of sp³-hybridized carbons (Fsp3) is 0.923. The molecule has 2 aliphatic heterocycles. The van der Waals surface area contributed by atoms with Crippen molar-refractivity contribution >= 4 is 5.91 Å². The third kappa shape index (κ3) is 3.43. The van der Waals surface area contributed by atoms with Gasteiger partial charge in [-0.3, -0.25) is 4.79 Å². The highest BCUT2D eigenvalue weighted by Gasteiger charge is 2.30. The van der Waals surface area contributed by atoms with E-state index >= 15 is 0 Å². The number of nitrogens with one attached hydrogen (secondary N) is 1. The van der Waals surface area contributed by atoms with Crippen LogP contribution in [0.25, 0.3) is 0 Å². The van der Waals surface area contributed by atoms with Crippen molar-refractivity contribution in [1.29, 1.82) is 0 Å². The molecule has 5 heteroatoms. The van der Waals surface area contributed by atoms with Crippen LogP contribution in [-0.2, 0) is 9.53 Å². The molecule has 0 aromatic carbocycles. The first-order valence-corrected chi connectivity index (χ1v) is 7.04. The average Bonchev–Trinajstić information content (AvgIpc) is 2.86. The number of hydrogen-bond donors (Lipinski definition) is 2. The largest absolute Gasteiger partial charge is 0.364 e. The molecular formula is C13H25N3O2. The van der Waals surface area contributed by atoms with E-state index in [1.54, 1.807) is 0 Å². The van der Waals surface area contributed by atoms with Gasteiger partial charge in [-0.05, 0) is 39.3 Å². The van der Waals surface area contributed by atoms with Gasteiger partial charge in [0.15, 0.2) is 0 Å². The Bertz CT molecular complexity index is 285. The molecule has 3 unspecified atom stereocenters. The fourth-order valence-electron chi connectivity index (χ4n) is 2.81. The lowest BCUT2D eigenvalue weighted by Gasteiger charge is -2.32. The number of rotatable bonds is 4. The Balaban J connectivity index is 1.71. The van der Waals surface area contributed by atoms with Crippen molar-refractivity contribution in [1.82, 2.24) is 10.2 Å². The summed E-state index contributed by atoms with van der Waals surface area (Å²) in [6.07, 6.45) is 5.19. The summed E-state index contributed by atoms with van der Waals surface area (Å²) in [5.41, 5.74) is 5.54. The Morgan fingerprint density at radius 1 is 1.39 bits per heavy atom. The van der Waals surface area contributed by atoms with Crippen LogP contribution in [0.3, 0.4) is 0 Å². The summed E-state index contributed by atoms with van der Waals surface area (Å²) in [4.78, 5) is 14.3. The molecule has 2 rings (SSSR count). The summed E-state index contributed by atoms with van der Waals surface area (Å²) < 4.78 is 5.59. The molecule has 2 heterocycles. The number of piperidine rings is 1. The zero-order chi connectivity index (χ0) is 13.0. The quantitative estimate of drug-likeness (QED) is 0.747. The molecular weight excluding hydrogens is 230 g/mol. The van der Waals surface area contributed by atoms with Gasteiger partial charge in [-0.1, -0.05) is 6.42 Å². The SMILES string of the molecule is CN1CCCCC1CNC(=O)C1CCC(CN)O1. The molecule has 0 saturated carbocycles. The molecule has 0 aromatic heterocycles. The summed E-state index contributed by atoms with van der Waals surface area (Å²) in [6.45, 7) is 2.38. The number of carbonyl (C=O) groups excluding carboxylic acids is 1. The summed E-state index contributed by atoms with van der Waals surface area (Å²) in [6, 6.07) is 0.481. The summed E-state index contributed by atoms with van der Waals surface area (Å²) in [5.74, 6) is 0.0323. The first-order chi connectivity index (χ1) is 8.70. The Kier molecular flexibility index (Phi) is 4.97. The van der Waals surface area contributed by atoms with Gasteiger partial charge in [-0.15, -0.1) is 0 Å². The molecule has 2 fully saturated rings. The molecule has 3 N–H and O–H groups in total. The van der Waals surface area contributed by atoms with Crippen LogP contribution in [0.5, 0.6) is 0 Å². The second kappa shape index (κ2) is 6.50. The predicted octanol–water partition coefficient (Wildman–Crippen LogP) is 0.0932. The van der Waals surface area contributed by atoms with E-state index in [2.05, 4.69) is 17.3 Å². The van der Waals surface area contributed by atoms with Crippen molar-refractivity contribution in [2.24, 2.45) is 5.73 Å². The van der Waals surface area contributed by atoms with Gasteiger partial charge in [0.1, 0.15) is 6.10 Å². The van der Waals surface area contributed by atoms with Gasteiger partial charge in [-0.25, -0.2) is 0 Å². The van der Waals surface area contributed by atoms with E-state index in [9.17, 15) is 4.79 Å². The molecule has 0 radical (unpaired) electrons. The molecule has 3 atom stereocenters. The van der Waals surface area contributed by atoms with Crippen LogP contribution >= 0.6 is 0 Å². The zero-order valence-corrected chi connectivity index (χ0v) is 11.2. The van der Waals surface area contributed by atoms with E-state index < -0.39 is 0 Å². The summed E-state index contributed by atoms with van der Waals surface area (Å²) in [7, 11) is 2.13. The minimum Gasteiger partial charge on any atom is -0.364 e. The van der Waals surface area contributed by atoms with Gasteiger partial charge in [0.2, 0.25) is 5.91 Å². The molecule has 0 bridgehead atoms. The smallest absolute Gasteiger partial charge is 0.249 e. The van der Waals surface area contributed by atoms with E-state index in [1.165, 1.54) is 19.3 Å². The number of hydrogen-bond acceptors (Lipinski definition) is 4. The van der Waals surface area contributed by atoms with Crippen LogP contribution in [0.1, 0.15) is 32.1 Å². The topological polar surface area (TPSA) is 67.6 Å². The van der Waals surface area contributed by atoms with Gasteiger partial charge < -0.3 is 20.7 Å². The zero-order valence-electron chi connectivity index (χ0n) is 11.2. The summed E-state index contributed by atoms with van der Waals surface area (Å²) in [5, 5.41) is 3.02. The minimum atomic E-state index is -0.285. The standard InChI is InChI=1S/C13H25N3O2/c1-16-7-3-2-4-10(16)9-15-13(17)12-6-5-11(8-14)18-12/h10-12H,2-9,14H2,1H3,(H,15,17). The second-order valence-corrected chi connectivity index (χ2v) is 5.44. The molecule has 1 amide bonds. The number of nitrogens with zero attached hydrogens (tertiary/aromatic N) is 1. The number of likely N-dealkylation sites (N-methyl/N-ethyl adjacent to an activating group) is 1. The van der Waals surface area contributed by atoms with E-state index in [-0.39, 0.29) is 18.1 Å². The third-order valence-electron chi connectivity index (χ3n) is 4.10. The van der Waals surface area contributed by atoms with Gasteiger partial charge in [0, 0.05) is 19.1 Å². The molecule has 0 aliphatic carbocycles. The molecule has 2 aliphatic rings. The lowest BCUT2D eigenvalue weighted by atomic mass is 10.0. The average molecular weight is 255 g/mol. The lowest BCUT2D eigenvalue weighted by molar-refractivity contribution is -0.132. The van der Waals surface area contributed by atoms with Gasteiger partial charge in [-0.2, -0.15) is 0 Å². The molecule has 0 aromatic rings. The third-order valence-corrected chi connectivity index (χ3v) is 4.10. The maximum absolute atomic E-state index is 12.0. The van der Waals surface area contributed by atoms with Crippen molar-refractivity contribution < 1.29 is 9.53 Å². The van der Waals surface area contributed by atoms with Crippen molar-refractivity contribution in [3.8, 4) is 0 Å². The van der Waals surface area contributed by atoms with Gasteiger partial charge in [0.25, 0.3) is 0 Å². The van der Waals surface area contributed by atoms with Crippen LogP contribution < -0.4 is 11.1 Å². The Morgan fingerprint density at radius 3 is 2.89 bits per heavy atom. The predicted molar refractivity (Wildman–Crippen MR) is 70.2 cm³/mol. The van der Waals surface area contributed by atoms with Crippen LogP contribution in [-0.4, -0.2) is 55.7 Å². The minimum absolute atomic E-state index is 0.0323.